The molecule has 0 radical (unpaired) electrons. The van der Waals surface area contributed by atoms with E-state index in [-0.39, 0.29) is 12.3 Å². The van der Waals surface area contributed by atoms with Crippen LogP contribution in [0.15, 0.2) is 11.3 Å². The van der Waals surface area contributed by atoms with Crippen LogP contribution in [0.25, 0.3) is 0 Å². The van der Waals surface area contributed by atoms with Crippen molar-refractivity contribution in [2.75, 3.05) is 26.5 Å². The summed E-state index contributed by atoms with van der Waals surface area (Å²) in [5.41, 5.74) is 0.172. The Labute approximate surface area is 130 Å². The number of fused-ring (bicyclic) bond motifs is 1. The van der Waals surface area contributed by atoms with Crippen LogP contribution in [0.5, 0.6) is 0 Å². The predicted molar refractivity (Wildman–Crippen MR) is 75.8 cm³/mol. The second kappa shape index (κ2) is 6.26. The van der Waals surface area contributed by atoms with Crippen molar-refractivity contribution in [1.82, 2.24) is 15.1 Å². The normalized spacial score (nSPS) is 23.4. The van der Waals surface area contributed by atoms with Crippen LogP contribution in [0, 0.1) is 0 Å². The molecule has 9 nitrogen and oxygen atoms in total. The van der Waals surface area contributed by atoms with Gasteiger partial charge in [0.2, 0.25) is 6.41 Å². The van der Waals surface area contributed by atoms with Gasteiger partial charge < -0.3 is 20.1 Å². The molecule has 1 unspecified atom stereocenters. The number of β-lactam (4-membered cyclic amide) rings is 1. The third-order valence-electron chi connectivity index (χ3n) is 3.23. The van der Waals surface area contributed by atoms with Gasteiger partial charge in [-0.2, -0.15) is 0 Å². The highest BCUT2D eigenvalue weighted by Crippen LogP contribution is 2.40. The van der Waals surface area contributed by atoms with Gasteiger partial charge in [-0.25, -0.2) is 9.59 Å². The average Bonchev–Trinajstić information content (AvgIpc) is 2.48. The second-order valence-corrected chi connectivity index (χ2v) is 5.98. The highest BCUT2D eigenvalue weighted by Gasteiger charge is 2.53. The molecule has 0 aromatic rings. The van der Waals surface area contributed by atoms with Crippen LogP contribution in [0.1, 0.15) is 0 Å². The molecule has 120 valence electrons. The Hall–Kier alpha value is -2.23. The maximum Gasteiger partial charge on any atom is 0.409 e. The monoisotopic (exact) mass is 329 g/mol. The number of thioether (sulfide) groups is 1. The summed E-state index contributed by atoms with van der Waals surface area (Å²) in [5, 5.41) is 11.3. The fraction of sp³-hybridized carbons (Fsp3) is 0.500. The Balaban J connectivity index is 2.18. The van der Waals surface area contributed by atoms with Gasteiger partial charge >= 0.3 is 12.1 Å². The Morgan fingerprint density at radius 3 is 2.77 bits per heavy atom. The molecular formula is C12H15N3O6S. The molecule has 0 aliphatic carbocycles. The summed E-state index contributed by atoms with van der Waals surface area (Å²) in [7, 11) is 3.02. The summed E-state index contributed by atoms with van der Waals surface area (Å²) >= 11 is 1.31. The lowest BCUT2D eigenvalue weighted by atomic mass is 10.0. The molecule has 0 saturated carbocycles. The van der Waals surface area contributed by atoms with E-state index in [0.717, 1.165) is 4.90 Å². The minimum Gasteiger partial charge on any atom is -0.477 e. The molecule has 1 saturated heterocycles. The van der Waals surface area contributed by atoms with Crippen LogP contribution in [-0.4, -0.2) is 77.2 Å². The Morgan fingerprint density at radius 1 is 1.55 bits per heavy atom. The van der Waals surface area contributed by atoms with Crippen molar-refractivity contribution in [2.24, 2.45) is 0 Å². The van der Waals surface area contributed by atoms with Gasteiger partial charge in [0.25, 0.3) is 5.91 Å². The number of carbonyl (C=O) groups is 4. The molecule has 0 spiro atoms. The van der Waals surface area contributed by atoms with Gasteiger partial charge in [0.15, 0.2) is 0 Å². The maximum atomic E-state index is 12.0. The summed E-state index contributed by atoms with van der Waals surface area (Å²) < 4.78 is 4.98. The Morgan fingerprint density at radius 2 is 2.23 bits per heavy atom. The SMILES string of the molecule is CN(C)C(=O)OCC1=C(C(=O)O)N2C(=O)C(NC=O)[C@@H]2SC1. The third-order valence-corrected chi connectivity index (χ3v) is 4.57. The zero-order valence-corrected chi connectivity index (χ0v) is 12.8. The van der Waals surface area contributed by atoms with Crippen LogP contribution in [0.2, 0.25) is 0 Å². The average molecular weight is 329 g/mol. The largest absolute Gasteiger partial charge is 0.477 e. The molecule has 22 heavy (non-hydrogen) atoms. The number of nitrogens with zero attached hydrogens (tertiary/aromatic N) is 2. The number of carboxylic acids is 1. The Bertz CT molecular complexity index is 561. The van der Waals surface area contributed by atoms with Gasteiger partial charge in [0, 0.05) is 25.4 Å². The maximum absolute atomic E-state index is 12.0. The van der Waals surface area contributed by atoms with E-state index in [1.54, 1.807) is 0 Å². The molecule has 10 heteroatoms. The molecule has 2 rings (SSSR count). The van der Waals surface area contributed by atoms with Crippen molar-refractivity contribution in [3.8, 4) is 0 Å². The van der Waals surface area contributed by atoms with E-state index in [0.29, 0.717) is 17.7 Å². The van der Waals surface area contributed by atoms with Crippen LogP contribution in [0.4, 0.5) is 4.79 Å². The molecule has 2 aliphatic heterocycles. The van der Waals surface area contributed by atoms with Crippen molar-refractivity contribution < 1.29 is 29.0 Å². The summed E-state index contributed by atoms with van der Waals surface area (Å²) in [5.74, 6) is -1.45. The first-order valence-electron chi connectivity index (χ1n) is 6.32. The molecule has 0 aromatic carbocycles. The van der Waals surface area contributed by atoms with Gasteiger partial charge in [0.05, 0.1) is 0 Å². The molecule has 0 bridgehead atoms. The Kier molecular flexibility index (Phi) is 4.59. The first-order valence-corrected chi connectivity index (χ1v) is 7.37. The summed E-state index contributed by atoms with van der Waals surface area (Å²) in [6.07, 6.45) is -0.182. The first kappa shape index (κ1) is 16.1. The van der Waals surface area contributed by atoms with Gasteiger partial charge in [-0.05, 0) is 0 Å². The molecule has 2 heterocycles. The van der Waals surface area contributed by atoms with Crippen LogP contribution >= 0.6 is 11.8 Å². The van der Waals surface area contributed by atoms with Crippen molar-refractivity contribution >= 4 is 36.1 Å². The highest BCUT2D eigenvalue weighted by atomic mass is 32.2. The molecule has 2 atom stereocenters. The van der Waals surface area contributed by atoms with Crippen LogP contribution in [-0.2, 0) is 19.1 Å². The number of carboxylic acid groups (broad SMARTS) is 1. The molecule has 2 aliphatic rings. The van der Waals surface area contributed by atoms with E-state index in [1.807, 2.05) is 0 Å². The number of ether oxygens (including phenoxy) is 1. The van der Waals surface area contributed by atoms with E-state index < -0.39 is 29.4 Å². The number of nitrogens with one attached hydrogen (secondary N) is 1. The van der Waals surface area contributed by atoms with Crippen LogP contribution < -0.4 is 5.32 Å². The number of hydrogen-bond acceptors (Lipinski definition) is 6. The van der Waals surface area contributed by atoms with Gasteiger partial charge in [-0.3, -0.25) is 14.5 Å². The molecule has 2 N–H and O–H groups in total. The molecule has 0 aromatic heterocycles. The van der Waals surface area contributed by atoms with E-state index >= 15 is 0 Å². The first-order chi connectivity index (χ1) is 10.4. The van der Waals surface area contributed by atoms with Crippen molar-refractivity contribution in [3.63, 3.8) is 0 Å². The smallest absolute Gasteiger partial charge is 0.409 e. The topological polar surface area (TPSA) is 116 Å². The summed E-state index contributed by atoms with van der Waals surface area (Å²) in [6, 6.07) is -0.720. The molecular weight excluding hydrogens is 314 g/mol. The number of rotatable bonds is 5. The van der Waals surface area contributed by atoms with E-state index in [9.17, 15) is 24.3 Å². The third kappa shape index (κ3) is 2.73. The van der Waals surface area contributed by atoms with Crippen molar-refractivity contribution in [3.05, 3.63) is 11.3 Å². The fourth-order valence-electron chi connectivity index (χ4n) is 2.17. The highest BCUT2D eigenvalue weighted by molar-refractivity contribution is 8.00. The minimum atomic E-state index is -1.26. The summed E-state index contributed by atoms with van der Waals surface area (Å²) in [4.78, 5) is 47.6. The molecule has 1 fully saturated rings. The zero-order chi connectivity index (χ0) is 16.4. The fourth-order valence-corrected chi connectivity index (χ4v) is 3.50. The van der Waals surface area contributed by atoms with Crippen molar-refractivity contribution in [1.29, 1.82) is 0 Å². The molecule has 3 amide bonds. The van der Waals surface area contributed by atoms with E-state index in [2.05, 4.69) is 5.32 Å². The number of carbonyl (C=O) groups excluding carboxylic acids is 3. The van der Waals surface area contributed by atoms with E-state index in [1.165, 1.54) is 30.8 Å². The van der Waals surface area contributed by atoms with Crippen molar-refractivity contribution in [2.45, 2.75) is 11.4 Å². The second-order valence-electron chi connectivity index (χ2n) is 4.88. The lowest BCUT2D eigenvalue weighted by Gasteiger charge is -2.49. The number of amides is 3. The van der Waals surface area contributed by atoms with Gasteiger partial charge in [-0.15, -0.1) is 11.8 Å². The quantitative estimate of drug-likeness (QED) is 0.493. The lowest BCUT2D eigenvalue weighted by Crippen LogP contribution is -2.69. The number of aliphatic carboxylic acids is 1. The van der Waals surface area contributed by atoms with Gasteiger partial charge in [0.1, 0.15) is 23.7 Å². The lowest BCUT2D eigenvalue weighted by molar-refractivity contribution is -0.149. The van der Waals surface area contributed by atoms with Gasteiger partial charge in [-0.1, -0.05) is 0 Å². The zero-order valence-electron chi connectivity index (χ0n) is 11.9. The van der Waals surface area contributed by atoms with Crippen LogP contribution in [0.3, 0.4) is 0 Å². The minimum absolute atomic E-state index is 0.177. The predicted octanol–water partition coefficient (Wildman–Crippen LogP) is -0.947. The summed E-state index contributed by atoms with van der Waals surface area (Å²) in [6.45, 7) is -0.200. The number of hydrogen-bond donors (Lipinski definition) is 2. The standard InChI is InChI=1S/C12H15N3O6S/c1-14(2)12(20)21-3-6-4-22-10-7(13-5-16)9(17)15(10)8(6)11(18)19/h5,7,10H,3-4H2,1-2H3,(H,13,16)(H,18,19)/t7?,10-/m0/s1. The van der Waals surface area contributed by atoms with E-state index in [4.69, 9.17) is 4.74 Å².